The first-order valence-electron chi connectivity index (χ1n) is 5.50. The SMILES string of the molecule is CC.CCNC(=O)CCC(=O)C=C(C)C. The molecule has 3 nitrogen and oxygen atoms in total. The molecule has 0 aromatic carbocycles. The van der Waals surface area contributed by atoms with Gasteiger partial charge in [-0.3, -0.25) is 9.59 Å². The van der Waals surface area contributed by atoms with Crippen LogP contribution in [0.15, 0.2) is 11.6 Å². The highest BCUT2D eigenvalue weighted by Gasteiger charge is 2.02. The fourth-order valence-corrected chi connectivity index (χ4v) is 0.916. The van der Waals surface area contributed by atoms with Gasteiger partial charge < -0.3 is 5.32 Å². The molecule has 1 amide bonds. The quantitative estimate of drug-likeness (QED) is 0.713. The molecule has 0 radical (unpaired) electrons. The number of allylic oxidation sites excluding steroid dienone is 2. The van der Waals surface area contributed by atoms with E-state index in [0.717, 1.165) is 5.57 Å². The summed E-state index contributed by atoms with van der Waals surface area (Å²) < 4.78 is 0. The van der Waals surface area contributed by atoms with Crippen molar-refractivity contribution in [2.75, 3.05) is 6.54 Å². The maximum absolute atomic E-state index is 11.1. The minimum Gasteiger partial charge on any atom is -0.356 e. The molecule has 0 aliphatic carbocycles. The van der Waals surface area contributed by atoms with Gasteiger partial charge in [0.2, 0.25) is 5.91 Å². The molecular weight excluding hydrogens is 190 g/mol. The van der Waals surface area contributed by atoms with E-state index in [4.69, 9.17) is 0 Å². The van der Waals surface area contributed by atoms with Crippen LogP contribution in [0.1, 0.15) is 47.5 Å². The van der Waals surface area contributed by atoms with Crippen LogP contribution in [0.5, 0.6) is 0 Å². The predicted molar refractivity (Wildman–Crippen MR) is 63.7 cm³/mol. The van der Waals surface area contributed by atoms with Crippen LogP contribution in [0.25, 0.3) is 0 Å². The Morgan fingerprint density at radius 3 is 2.07 bits per heavy atom. The average molecular weight is 213 g/mol. The molecule has 0 bridgehead atoms. The van der Waals surface area contributed by atoms with Gasteiger partial charge in [0.05, 0.1) is 0 Å². The molecule has 1 N–H and O–H groups in total. The maximum Gasteiger partial charge on any atom is 0.220 e. The van der Waals surface area contributed by atoms with Gasteiger partial charge in [0, 0.05) is 19.4 Å². The monoisotopic (exact) mass is 213 g/mol. The van der Waals surface area contributed by atoms with Gasteiger partial charge in [-0.2, -0.15) is 0 Å². The van der Waals surface area contributed by atoms with Crippen LogP contribution in [-0.2, 0) is 9.59 Å². The molecule has 0 heterocycles. The number of amides is 1. The van der Waals surface area contributed by atoms with Crippen molar-refractivity contribution >= 4 is 11.7 Å². The van der Waals surface area contributed by atoms with Crippen molar-refractivity contribution < 1.29 is 9.59 Å². The highest BCUT2D eigenvalue weighted by atomic mass is 16.2. The predicted octanol–water partition coefficient (Wildman–Crippen LogP) is 2.46. The van der Waals surface area contributed by atoms with E-state index < -0.39 is 0 Å². The molecule has 0 unspecified atom stereocenters. The van der Waals surface area contributed by atoms with Gasteiger partial charge in [0.25, 0.3) is 0 Å². The van der Waals surface area contributed by atoms with Crippen LogP contribution in [0.3, 0.4) is 0 Å². The summed E-state index contributed by atoms with van der Waals surface area (Å²) in [5, 5.41) is 2.64. The van der Waals surface area contributed by atoms with Crippen LogP contribution in [0, 0.1) is 0 Å². The standard InChI is InChI=1S/C10H17NO2.C2H6/c1-4-11-10(13)6-5-9(12)7-8(2)3;1-2/h7H,4-6H2,1-3H3,(H,11,13);1-2H3. The molecule has 15 heavy (non-hydrogen) atoms. The molecule has 0 saturated heterocycles. The van der Waals surface area contributed by atoms with E-state index in [1.165, 1.54) is 0 Å². The number of nitrogens with one attached hydrogen (secondary N) is 1. The maximum atomic E-state index is 11.1. The summed E-state index contributed by atoms with van der Waals surface area (Å²) in [4.78, 5) is 22.1. The molecule has 0 atom stereocenters. The summed E-state index contributed by atoms with van der Waals surface area (Å²) in [6.45, 7) is 10.2. The summed E-state index contributed by atoms with van der Waals surface area (Å²) in [5.74, 6) is -0.0377. The van der Waals surface area contributed by atoms with Crippen molar-refractivity contribution in [3.63, 3.8) is 0 Å². The van der Waals surface area contributed by atoms with Crippen LogP contribution in [0.4, 0.5) is 0 Å². The molecule has 3 heteroatoms. The van der Waals surface area contributed by atoms with Gasteiger partial charge in [0.15, 0.2) is 5.78 Å². The molecule has 0 fully saturated rings. The number of carbonyl (C=O) groups excluding carboxylic acids is 2. The van der Waals surface area contributed by atoms with Crippen LogP contribution in [-0.4, -0.2) is 18.2 Å². The zero-order valence-corrected chi connectivity index (χ0v) is 10.5. The first kappa shape index (κ1) is 16.3. The molecule has 0 rings (SSSR count). The van der Waals surface area contributed by atoms with Gasteiger partial charge in [-0.15, -0.1) is 0 Å². The van der Waals surface area contributed by atoms with E-state index in [2.05, 4.69) is 5.32 Å². The molecule has 0 aromatic heterocycles. The van der Waals surface area contributed by atoms with E-state index in [-0.39, 0.29) is 18.1 Å². The zero-order chi connectivity index (χ0) is 12.3. The van der Waals surface area contributed by atoms with E-state index in [9.17, 15) is 9.59 Å². The first-order chi connectivity index (χ1) is 7.06. The van der Waals surface area contributed by atoms with Crippen molar-refractivity contribution in [2.45, 2.75) is 47.5 Å². The highest BCUT2D eigenvalue weighted by molar-refractivity contribution is 5.92. The van der Waals surface area contributed by atoms with E-state index in [1.54, 1.807) is 6.08 Å². The molecule has 0 aliphatic rings. The third-order valence-electron chi connectivity index (χ3n) is 1.42. The van der Waals surface area contributed by atoms with Crippen molar-refractivity contribution in [3.05, 3.63) is 11.6 Å². The van der Waals surface area contributed by atoms with Gasteiger partial charge in [-0.25, -0.2) is 0 Å². The minimum atomic E-state index is -0.0574. The third-order valence-corrected chi connectivity index (χ3v) is 1.42. The fraction of sp³-hybridized carbons (Fsp3) is 0.667. The smallest absolute Gasteiger partial charge is 0.220 e. The van der Waals surface area contributed by atoms with E-state index >= 15 is 0 Å². The Hall–Kier alpha value is -1.12. The number of rotatable bonds is 5. The topological polar surface area (TPSA) is 46.2 Å². The van der Waals surface area contributed by atoms with Gasteiger partial charge in [-0.1, -0.05) is 19.4 Å². The zero-order valence-electron chi connectivity index (χ0n) is 10.5. The minimum absolute atomic E-state index is 0.0197. The molecular formula is C12H23NO2. The Morgan fingerprint density at radius 1 is 1.13 bits per heavy atom. The Labute approximate surface area is 92.9 Å². The van der Waals surface area contributed by atoms with Crippen molar-refractivity contribution in [1.29, 1.82) is 0 Å². The normalized spacial score (nSPS) is 8.33. The van der Waals surface area contributed by atoms with Crippen LogP contribution >= 0.6 is 0 Å². The number of hydrogen-bond acceptors (Lipinski definition) is 2. The van der Waals surface area contributed by atoms with E-state index in [0.29, 0.717) is 13.0 Å². The van der Waals surface area contributed by atoms with Crippen molar-refractivity contribution in [3.8, 4) is 0 Å². The van der Waals surface area contributed by atoms with E-state index in [1.807, 2.05) is 34.6 Å². The highest BCUT2D eigenvalue weighted by Crippen LogP contribution is 1.96. The summed E-state index contributed by atoms with van der Waals surface area (Å²) in [6, 6.07) is 0. The first-order valence-corrected chi connectivity index (χ1v) is 5.50. The average Bonchev–Trinajstić information content (AvgIpc) is 2.17. The Bertz CT molecular complexity index is 216. The second-order valence-corrected chi connectivity index (χ2v) is 3.14. The summed E-state index contributed by atoms with van der Waals surface area (Å²) >= 11 is 0. The fourth-order valence-electron chi connectivity index (χ4n) is 0.916. The second kappa shape index (κ2) is 11.0. The molecule has 0 aliphatic heterocycles. The molecule has 88 valence electrons. The van der Waals surface area contributed by atoms with Gasteiger partial charge >= 0.3 is 0 Å². The largest absolute Gasteiger partial charge is 0.356 e. The van der Waals surface area contributed by atoms with Crippen molar-refractivity contribution in [2.24, 2.45) is 0 Å². The third kappa shape index (κ3) is 12.9. The lowest BCUT2D eigenvalue weighted by Gasteiger charge is -1.99. The summed E-state index contributed by atoms with van der Waals surface area (Å²) in [7, 11) is 0. The lowest BCUT2D eigenvalue weighted by Crippen LogP contribution is -2.22. The summed E-state index contributed by atoms with van der Waals surface area (Å²) in [6.07, 6.45) is 2.16. The molecule has 0 aromatic rings. The lowest BCUT2D eigenvalue weighted by atomic mass is 10.1. The van der Waals surface area contributed by atoms with Gasteiger partial charge in [0.1, 0.15) is 0 Å². The summed E-state index contributed by atoms with van der Waals surface area (Å²) in [5.41, 5.74) is 0.973. The Morgan fingerprint density at radius 2 is 1.67 bits per heavy atom. The number of ketones is 1. The molecule has 0 spiro atoms. The number of carbonyl (C=O) groups is 2. The second-order valence-electron chi connectivity index (χ2n) is 3.14. The molecule has 0 saturated carbocycles. The lowest BCUT2D eigenvalue weighted by molar-refractivity contribution is -0.123. The van der Waals surface area contributed by atoms with Gasteiger partial charge in [-0.05, 0) is 26.8 Å². The number of hydrogen-bond donors (Lipinski definition) is 1. The van der Waals surface area contributed by atoms with Crippen molar-refractivity contribution in [1.82, 2.24) is 5.32 Å². The van der Waals surface area contributed by atoms with Crippen LogP contribution < -0.4 is 5.32 Å². The van der Waals surface area contributed by atoms with Crippen LogP contribution in [0.2, 0.25) is 0 Å². The Kier molecular flexibility index (Phi) is 11.9. The Balaban J connectivity index is 0.